The Morgan fingerprint density at radius 3 is 1.86 bits per heavy atom. The van der Waals surface area contributed by atoms with Crippen LogP contribution >= 0.6 is 11.8 Å². The summed E-state index contributed by atoms with van der Waals surface area (Å²) >= 11 is 1.58. The van der Waals surface area contributed by atoms with Gasteiger partial charge in [-0.15, -0.1) is 11.8 Å². The summed E-state index contributed by atoms with van der Waals surface area (Å²) in [5, 5.41) is 2.89. The zero-order chi connectivity index (χ0) is 19.8. The maximum absolute atomic E-state index is 13.2. The van der Waals surface area contributed by atoms with Crippen molar-refractivity contribution < 1.29 is 4.79 Å². The molecule has 0 aliphatic rings. The summed E-state index contributed by atoms with van der Waals surface area (Å²) in [6, 6.07) is 30.4. The lowest BCUT2D eigenvalue weighted by Gasteiger charge is -2.26. The van der Waals surface area contributed by atoms with E-state index < -0.39 is 0 Å². The molecule has 3 nitrogen and oxygen atoms in total. The molecule has 0 spiro atoms. The van der Waals surface area contributed by atoms with Crippen LogP contribution in [0.5, 0.6) is 0 Å². The number of hydrogen-bond donors (Lipinski definition) is 1. The Balaban J connectivity index is 1.75. The molecule has 2 unspecified atom stereocenters. The summed E-state index contributed by atoms with van der Waals surface area (Å²) in [6.45, 7) is 0.564. The standard InChI is InChI=1S/C24H26N2OS/c1-26(2)22(19-12-6-3-7-13-19)18-25-24(27)23(20-14-8-4-9-15-20)28-21-16-10-5-11-17-21/h3-17,22-23H,18H2,1-2H3,(H,25,27). The average Bonchev–Trinajstić information content (AvgIpc) is 2.74. The van der Waals surface area contributed by atoms with Gasteiger partial charge in [0.1, 0.15) is 5.25 Å². The zero-order valence-electron chi connectivity index (χ0n) is 16.3. The quantitative estimate of drug-likeness (QED) is 0.553. The second-order valence-electron chi connectivity index (χ2n) is 6.86. The number of hydrogen-bond acceptors (Lipinski definition) is 3. The maximum Gasteiger partial charge on any atom is 0.238 e. The number of nitrogens with zero attached hydrogens (tertiary/aromatic N) is 1. The van der Waals surface area contributed by atoms with E-state index in [1.54, 1.807) is 11.8 Å². The number of likely N-dealkylation sites (N-methyl/N-ethyl adjacent to an activating group) is 1. The number of rotatable bonds is 8. The molecule has 28 heavy (non-hydrogen) atoms. The summed E-state index contributed by atoms with van der Waals surface area (Å²) in [5.41, 5.74) is 2.20. The smallest absolute Gasteiger partial charge is 0.238 e. The highest BCUT2D eigenvalue weighted by atomic mass is 32.2. The minimum absolute atomic E-state index is 0.0304. The molecule has 0 aliphatic carbocycles. The Hall–Kier alpha value is -2.56. The molecule has 3 rings (SSSR count). The largest absolute Gasteiger partial charge is 0.353 e. The second-order valence-corrected chi connectivity index (χ2v) is 8.04. The predicted molar refractivity (Wildman–Crippen MR) is 117 cm³/mol. The topological polar surface area (TPSA) is 32.3 Å². The Morgan fingerprint density at radius 2 is 1.32 bits per heavy atom. The zero-order valence-corrected chi connectivity index (χ0v) is 17.1. The van der Waals surface area contributed by atoms with Gasteiger partial charge < -0.3 is 10.2 Å². The molecule has 0 saturated carbocycles. The summed E-state index contributed by atoms with van der Waals surface area (Å²) in [5.74, 6) is 0.0304. The van der Waals surface area contributed by atoms with Gasteiger partial charge in [0.25, 0.3) is 0 Å². The van der Waals surface area contributed by atoms with Crippen molar-refractivity contribution in [1.82, 2.24) is 10.2 Å². The van der Waals surface area contributed by atoms with Gasteiger partial charge in [-0.25, -0.2) is 0 Å². The van der Waals surface area contributed by atoms with E-state index >= 15 is 0 Å². The van der Waals surface area contributed by atoms with Crippen LogP contribution in [0.4, 0.5) is 0 Å². The van der Waals surface area contributed by atoms with Gasteiger partial charge in [-0.2, -0.15) is 0 Å². The van der Waals surface area contributed by atoms with E-state index in [-0.39, 0.29) is 17.2 Å². The van der Waals surface area contributed by atoms with Gasteiger partial charge in [-0.3, -0.25) is 4.79 Å². The van der Waals surface area contributed by atoms with Crippen LogP contribution < -0.4 is 5.32 Å². The molecule has 0 aromatic heterocycles. The fourth-order valence-corrected chi connectivity index (χ4v) is 4.17. The molecular formula is C24H26N2OS. The number of thioether (sulfide) groups is 1. The first-order valence-corrected chi connectivity index (χ1v) is 10.3. The molecule has 3 aromatic rings. The molecule has 4 heteroatoms. The van der Waals surface area contributed by atoms with E-state index in [1.807, 2.05) is 93.0 Å². The lowest BCUT2D eigenvalue weighted by Crippen LogP contribution is -2.36. The van der Waals surface area contributed by atoms with Crippen molar-refractivity contribution in [2.45, 2.75) is 16.2 Å². The number of carbonyl (C=O) groups is 1. The Bertz CT molecular complexity index is 854. The number of benzene rings is 3. The first kappa shape index (κ1) is 20.2. The van der Waals surface area contributed by atoms with Gasteiger partial charge in [0.05, 0.1) is 6.04 Å². The SMILES string of the molecule is CN(C)C(CNC(=O)C(Sc1ccccc1)c1ccccc1)c1ccccc1. The van der Waals surface area contributed by atoms with Crippen molar-refractivity contribution in [2.24, 2.45) is 0 Å². The van der Waals surface area contributed by atoms with E-state index in [0.29, 0.717) is 6.54 Å². The van der Waals surface area contributed by atoms with E-state index in [0.717, 1.165) is 10.5 Å². The van der Waals surface area contributed by atoms with Gasteiger partial charge in [-0.05, 0) is 37.4 Å². The molecule has 0 heterocycles. The number of amides is 1. The van der Waals surface area contributed by atoms with Gasteiger partial charge >= 0.3 is 0 Å². The third-order valence-corrected chi connectivity index (χ3v) is 5.88. The lowest BCUT2D eigenvalue weighted by molar-refractivity contribution is -0.120. The highest BCUT2D eigenvalue weighted by molar-refractivity contribution is 8.00. The summed E-state index contributed by atoms with van der Waals surface area (Å²) in [7, 11) is 4.08. The third kappa shape index (κ3) is 5.47. The van der Waals surface area contributed by atoms with Crippen molar-refractivity contribution >= 4 is 17.7 Å². The van der Waals surface area contributed by atoms with Crippen LogP contribution in [0.3, 0.4) is 0 Å². The van der Waals surface area contributed by atoms with Crippen molar-refractivity contribution in [3.63, 3.8) is 0 Å². The molecule has 3 aromatic carbocycles. The first-order chi connectivity index (χ1) is 13.6. The van der Waals surface area contributed by atoms with Crippen molar-refractivity contribution in [3.8, 4) is 0 Å². The average molecular weight is 391 g/mol. The van der Waals surface area contributed by atoms with Gasteiger partial charge in [0.2, 0.25) is 5.91 Å². The van der Waals surface area contributed by atoms with Crippen LogP contribution in [0.1, 0.15) is 22.4 Å². The molecule has 0 aliphatic heterocycles. The fraction of sp³-hybridized carbons (Fsp3) is 0.208. The van der Waals surface area contributed by atoms with Crippen molar-refractivity contribution in [3.05, 3.63) is 102 Å². The summed E-state index contributed by atoms with van der Waals surface area (Å²) in [4.78, 5) is 16.4. The third-order valence-electron chi connectivity index (χ3n) is 4.61. The lowest BCUT2D eigenvalue weighted by atomic mass is 10.1. The number of carbonyl (C=O) groups excluding carboxylic acids is 1. The van der Waals surface area contributed by atoms with Gasteiger partial charge in [0.15, 0.2) is 0 Å². The predicted octanol–water partition coefficient (Wildman–Crippen LogP) is 4.94. The molecular weight excluding hydrogens is 364 g/mol. The van der Waals surface area contributed by atoms with Crippen LogP contribution in [0.2, 0.25) is 0 Å². The molecule has 2 atom stereocenters. The minimum atomic E-state index is -0.290. The second kappa shape index (κ2) is 10.1. The van der Waals surface area contributed by atoms with Crippen LogP contribution in [-0.2, 0) is 4.79 Å². The molecule has 0 fully saturated rings. The van der Waals surface area contributed by atoms with E-state index in [4.69, 9.17) is 0 Å². The highest BCUT2D eigenvalue weighted by Crippen LogP contribution is 2.35. The molecule has 0 saturated heterocycles. The summed E-state index contributed by atoms with van der Waals surface area (Å²) < 4.78 is 0. The van der Waals surface area contributed by atoms with Gasteiger partial charge in [0, 0.05) is 11.4 Å². The van der Waals surface area contributed by atoms with Crippen LogP contribution in [-0.4, -0.2) is 31.4 Å². The van der Waals surface area contributed by atoms with Crippen molar-refractivity contribution in [1.29, 1.82) is 0 Å². The molecule has 0 bridgehead atoms. The van der Waals surface area contributed by atoms with Crippen molar-refractivity contribution in [2.75, 3.05) is 20.6 Å². The Morgan fingerprint density at radius 1 is 0.821 bits per heavy atom. The molecule has 0 radical (unpaired) electrons. The minimum Gasteiger partial charge on any atom is -0.353 e. The van der Waals surface area contributed by atoms with Crippen LogP contribution in [0, 0.1) is 0 Å². The maximum atomic E-state index is 13.2. The Kier molecular flexibility index (Phi) is 7.29. The molecule has 1 N–H and O–H groups in total. The van der Waals surface area contributed by atoms with Crippen LogP contribution in [0.15, 0.2) is 95.9 Å². The first-order valence-electron chi connectivity index (χ1n) is 9.41. The highest BCUT2D eigenvalue weighted by Gasteiger charge is 2.23. The molecule has 1 amide bonds. The van der Waals surface area contributed by atoms with Gasteiger partial charge in [-0.1, -0.05) is 78.9 Å². The number of nitrogens with one attached hydrogen (secondary N) is 1. The monoisotopic (exact) mass is 390 g/mol. The van der Waals surface area contributed by atoms with Crippen LogP contribution in [0.25, 0.3) is 0 Å². The Labute approximate surface area is 171 Å². The summed E-state index contributed by atoms with van der Waals surface area (Å²) in [6.07, 6.45) is 0. The fourth-order valence-electron chi connectivity index (χ4n) is 3.10. The normalized spacial score (nSPS) is 13.1. The van der Waals surface area contributed by atoms with E-state index in [2.05, 4.69) is 22.3 Å². The molecule has 144 valence electrons. The van der Waals surface area contributed by atoms with E-state index in [1.165, 1.54) is 5.56 Å². The van der Waals surface area contributed by atoms with E-state index in [9.17, 15) is 4.79 Å².